The lowest BCUT2D eigenvalue weighted by molar-refractivity contribution is -0.140. The molecule has 5 N–H and O–H groups in total. The van der Waals surface area contributed by atoms with Crippen molar-refractivity contribution >= 4 is 46.0 Å². The number of amides is 1. The van der Waals surface area contributed by atoms with Crippen LogP contribution in [0.1, 0.15) is 29.5 Å². The number of halogens is 2. The van der Waals surface area contributed by atoms with E-state index in [2.05, 4.69) is 40.2 Å². The summed E-state index contributed by atoms with van der Waals surface area (Å²) in [6.07, 6.45) is 3.30. The van der Waals surface area contributed by atoms with Crippen molar-refractivity contribution in [2.45, 2.75) is 44.6 Å². The van der Waals surface area contributed by atoms with Crippen molar-refractivity contribution in [1.82, 2.24) is 25.7 Å². The number of aliphatic hydroxyl groups excluding tert-OH is 1. The third kappa shape index (κ3) is 7.74. The minimum absolute atomic E-state index is 0.123. The van der Waals surface area contributed by atoms with E-state index in [0.717, 1.165) is 57.2 Å². The van der Waals surface area contributed by atoms with Gasteiger partial charge in [0.1, 0.15) is 11.8 Å². The predicted molar refractivity (Wildman–Crippen MR) is 191 cm³/mol. The fraction of sp³-hybridized carbons (Fsp3) is 0.270. The van der Waals surface area contributed by atoms with Gasteiger partial charge in [-0.3, -0.25) is 19.6 Å². The first-order valence-electron chi connectivity index (χ1n) is 16.0. The molecule has 5 aromatic rings. The number of hydrogen-bond donors (Lipinski definition) is 5. The Morgan fingerprint density at radius 3 is 2.51 bits per heavy atom. The van der Waals surface area contributed by atoms with Crippen LogP contribution in [0.2, 0.25) is 10.0 Å². The Hall–Kier alpha value is -4.45. The van der Waals surface area contributed by atoms with Gasteiger partial charge in [-0.25, -0.2) is 0 Å². The van der Waals surface area contributed by atoms with Gasteiger partial charge in [0.25, 0.3) is 0 Å². The van der Waals surface area contributed by atoms with E-state index in [9.17, 15) is 19.8 Å². The molecule has 0 radical (unpaired) electrons. The highest BCUT2D eigenvalue weighted by Crippen LogP contribution is 2.39. The Labute approximate surface area is 294 Å². The number of aliphatic carboxylic acids is 1. The molecule has 2 atom stereocenters. The number of carboxylic acid groups (broad SMARTS) is 1. The molecule has 1 aliphatic rings. The van der Waals surface area contributed by atoms with Crippen LogP contribution in [0.3, 0.4) is 0 Å². The number of ether oxygens (including phenoxy) is 1. The second-order valence-electron chi connectivity index (χ2n) is 12.1. The Morgan fingerprint density at radius 1 is 1.04 bits per heavy atom. The number of carboxylic acids is 1. The number of benzene rings is 4. The molecule has 4 aromatic carbocycles. The van der Waals surface area contributed by atoms with E-state index >= 15 is 0 Å². The van der Waals surface area contributed by atoms with E-state index in [-0.39, 0.29) is 18.5 Å². The second-order valence-corrected chi connectivity index (χ2v) is 12.8. The monoisotopic (exact) mass is 701 g/mol. The zero-order chi connectivity index (χ0) is 34.5. The van der Waals surface area contributed by atoms with Crippen LogP contribution in [0.4, 0.5) is 0 Å². The summed E-state index contributed by atoms with van der Waals surface area (Å²) < 4.78 is 7.53. The SMILES string of the molecule is COc1cc(CN[C@@H](CO)C(=O)O)cc(Cl)c1Cn1ncc2c(-c3cccc(-c4ccc(CNC[C@@H]5CCC(=O)N5)cc4)c3Cl)cccc21. The smallest absolute Gasteiger partial charge is 0.323 e. The average molecular weight is 703 g/mol. The van der Waals surface area contributed by atoms with Crippen molar-refractivity contribution in [2.24, 2.45) is 0 Å². The second kappa shape index (κ2) is 15.4. The van der Waals surface area contributed by atoms with Crippen LogP contribution in [-0.4, -0.2) is 64.2 Å². The number of carbonyl (C=O) groups is 2. The molecule has 12 heteroatoms. The molecule has 0 aliphatic carbocycles. The van der Waals surface area contributed by atoms with Crippen molar-refractivity contribution in [1.29, 1.82) is 0 Å². The van der Waals surface area contributed by atoms with E-state index in [1.54, 1.807) is 19.2 Å². The van der Waals surface area contributed by atoms with Gasteiger partial charge in [-0.15, -0.1) is 0 Å². The molecule has 1 aliphatic heterocycles. The number of hydrogen-bond acceptors (Lipinski definition) is 7. The van der Waals surface area contributed by atoms with Crippen LogP contribution in [0, 0.1) is 0 Å². The molecule has 0 spiro atoms. The summed E-state index contributed by atoms with van der Waals surface area (Å²) in [5.74, 6) is -0.473. The number of rotatable bonds is 14. The number of methoxy groups -OCH3 is 1. The molecule has 0 bridgehead atoms. The third-order valence-electron chi connectivity index (χ3n) is 8.82. The Morgan fingerprint density at radius 2 is 1.80 bits per heavy atom. The maximum atomic E-state index is 11.4. The van der Waals surface area contributed by atoms with Gasteiger partial charge in [0.2, 0.25) is 5.91 Å². The van der Waals surface area contributed by atoms with Gasteiger partial charge in [-0.05, 0) is 46.9 Å². The maximum Gasteiger partial charge on any atom is 0.323 e. The topological polar surface area (TPSA) is 138 Å². The molecule has 0 unspecified atom stereocenters. The van der Waals surface area contributed by atoms with Crippen LogP contribution >= 0.6 is 23.2 Å². The number of aromatic nitrogens is 2. The van der Waals surface area contributed by atoms with Gasteiger partial charge in [0, 0.05) is 59.2 Å². The van der Waals surface area contributed by atoms with E-state index in [1.165, 1.54) is 0 Å². The third-order valence-corrected chi connectivity index (χ3v) is 9.57. The van der Waals surface area contributed by atoms with Crippen LogP contribution in [0.15, 0.2) is 79.0 Å². The molecule has 10 nitrogen and oxygen atoms in total. The van der Waals surface area contributed by atoms with E-state index in [0.29, 0.717) is 40.9 Å². The zero-order valence-electron chi connectivity index (χ0n) is 26.9. The largest absolute Gasteiger partial charge is 0.496 e. The molecule has 49 heavy (non-hydrogen) atoms. The normalized spacial score (nSPS) is 15.0. The summed E-state index contributed by atoms with van der Waals surface area (Å²) in [6.45, 7) is 1.45. The first-order chi connectivity index (χ1) is 23.7. The summed E-state index contributed by atoms with van der Waals surface area (Å²) in [7, 11) is 1.55. The predicted octanol–water partition coefficient (Wildman–Crippen LogP) is 5.64. The Balaban J connectivity index is 1.21. The number of fused-ring (bicyclic) bond motifs is 1. The molecule has 1 aromatic heterocycles. The number of aliphatic hydroxyl groups is 1. The summed E-state index contributed by atoms with van der Waals surface area (Å²) in [6, 6.07) is 23.0. The lowest BCUT2D eigenvalue weighted by Gasteiger charge is -2.16. The van der Waals surface area contributed by atoms with Crippen molar-refractivity contribution < 1.29 is 24.5 Å². The molecule has 6 rings (SSSR count). The zero-order valence-corrected chi connectivity index (χ0v) is 28.4. The summed E-state index contributed by atoms with van der Waals surface area (Å²) in [4.78, 5) is 22.7. The minimum atomic E-state index is -1.14. The van der Waals surface area contributed by atoms with Crippen molar-refractivity contribution in [3.8, 4) is 28.0 Å². The highest BCUT2D eigenvalue weighted by Gasteiger charge is 2.21. The average Bonchev–Trinajstić information content (AvgIpc) is 3.72. The number of carbonyl (C=O) groups excluding carboxylic acids is 1. The molecule has 1 fully saturated rings. The first-order valence-corrected chi connectivity index (χ1v) is 16.8. The van der Waals surface area contributed by atoms with Crippen molar-refractivity contribution in [2.75, 3.05) is 20.3 Å². The van der Waals surface area contributed by atoms with Crippen LogP contribution < -0.4 is 20.7 Å². The van der Waals surface area contributed by atoms with Crippen molar-refractivity contribution in [3.63, 3.8) is 0 Å². The number of nitrogens with zero attached hydrogens (tertiary/aromatic N) is 2. The van der Waals surface area contributed by atoms with Gasteiger partial charge in [-0.2, -0.15) is 5.10 Å². The summed E-state index contributed by atoms with van der Waals surface area (Å²) >= 11 is 13.8. The Bertz CT molecular complexity index is 1980. The molecule has 1 amide bonds. The fourth-order valence-corrected chi connectivity index (χ4v) is 6.80. The highest BCUT2D eigenvalue weighted by molar-refractivity contribution is 6.36. The van der Waals surface area contributed by atoms with Crippen LogP contribution in [-0.2, 0) is 29.2 Å². The van der Waals surface area contributed by atoms with Crippen LogP contribution in [0.5, 0.6) is 5.75 Å². The summed E-state index contributed by atoms with van der Waals surface area (Å²) in [5, 5.41) is 34.5. The Kier molecular flexibility index (Phi) is 10.8. The lowest BCUT2D eigenvalue weighted by atomic mass is 9.96. The quantitative estimate of drug-likeness (QED) is 0.100. The van der Waals surface area contributed by atoms with E-state index < -0.39 is 18.6 Å². The van der Waals surface area contributed by atoms with E-state index in [4.69, 9.17) is 33.0 Å². The fourth-order valence-electron chi connectivity index (χ4n) is 6.17. The number of nitrogens with one attached hydrogen (secondary N) is 3. The molecule has 1 saturated heterocycles. The maximum absolute atomic E-state index is 11.4. The van der Waals surface area contributed by atoms with Crippen molar-refractivity contribution in [3.05, 3.63) is 106 Å². The molecule has 254 valence electrons. The van der Waals surface area contributed by atoms with Gasteiger partial charge >= 0.3 is 5.97 Å². The van der Waals surface area contributed by atoms with Gasteiger partial charge in [0.05, 0.1) is 37.0 Å². The van der Waals surface area contributed by atoms with Crippen LogP contribution in [0.25, 0.3) is 33.2 Å². The molecular formula is C37H37Cl2N5O5. The first kappa shape index (κ1) is 34.4. The molecule has 0 saturated carbocycles. The highest BCUT2D eigenvalue weighted by atomic mass is 35.5. The molecular weight excluding hydrogens is 665 g/mol. The molecule has 2 heterocycles. The summed E-state index contributed by atoms with van der Waals surface area (Å²) in [5.41, 5.74) is 7.26. The standard InChI is InChI=1S/C37H37Cl2N5O5/c1-49-34-15-23(17-41-32(21-45)37(47)48)14-31(38)30(34)20-44-33-7-3-5-27(29(33)19-42-44)28-6-2-4-26(36(28)39)24-10-8-22(9-11-24)16-40-18-25-12-13-35(46)43-25/h2-11,14-15,19,25,32,40-41,45H,12-13,16-18,20-21H2,1H3,(H,43,46)(H,47,48)/t25-,32-/m0/s1. The minimum Gasteiger partial charge on any atom is -0.496 e. The van der Waals surface area contributed by atoms with Gasteiger partial charge in [0.15, 0.2) is 0 Å². The lowest BCUT2D eigenvalue weighted by Crippen LogP contribution is -2.39. The van der Waals surface area contributed by atoms with E-state index in [1.807, 2.05) is 47.3 Å². The van der Waals surface area contributed by atoms with Gasteiger partial charge < -0.3 is 25.6 Å². The van der Waals surface area contributed by atoms with Gasteiger partial charge in [-0.1, -0.05) is 77.8 Å².